The molecule has 3 heterocycles. The number of fused-ring (bicyclic) bond motifs is 1. The zero-order valence-electron chi connectivity index (χ0n) is 10.1. The first-order valence-corrected chi connectivity index (χ1v) is 8.06. The molecule has 0 aromatic carbocycles. The molecule has 0 spiro atoms. The molecule has 104 valence electrons. The van der Waals surface area contributed by atoms with Crippen LogP contribution in [0.2, 0.25) is 5.15 Å². The van der Waals surface area contributed by atoms with E-state index < -0.39 is 10.0 Å². The Bertz CT molecular complexity index is 886. The summed E-state index contributed by atoms with van der Waals surface area (Å²) in [6.07, 6.45) is 1.58. The van der Waals surface area contributed by atoms with Crippen molar-refractivity contribution in [2.75, 3.05) is 4.72 Å². The third-order valence-corrected chi connectivity index (χ3v) is 5.04. The highest BCUT2D eigenvalue weighted by atomic mass is 35.5. The number of imidazole rings is 1. The highest BCUT2D eigenvalue weighted by Gasteiger charge is 2.25. The molecule has 0 unspecified atom stereocenters. The molecule has 7 nitrogen and oxygen atoms in total. The van der Waals surface area contributed by atoms with Crippen molar-refractivity contribution in [2.45, 2.75) is 11.9 Å². The molecule has 3 aromatic heterocycles. The van der Waals surface area contributed by atoms with Crippen LogP contribution < -0.4 is 4.72 Å². The molecule has 0 aliphatic heterocycles. The van der Waals surface area contributed by atoms with Crippen LogP contribution in [-0.2, 0) is 10.0 Å². The van der Waals surface area contributed by atoms with Crippen molar-refractivity contribution >= 4 is 43.9 Å². The summed E-state index contributed by atoms with van der Waals surface area (Å²) >= 11 is 6.90. The van der Waals surface area contributed by atoms with Crippen LogP contribution in [0.1, 0.15) is 5.82 Å². The molecule has 0 saturated heterocycles. The molecule has 0 radical (unpaired) electrons. The van der Waals surface area contributed by atoms with Crippen molar-refractivity contribution in [2.24, 2.45) is 0 Å². The van der Waals surface area contributed by atoms with Crippen molar-refractivity contribution in [3.05, 3.63) is 35.4 Å². The van der Waals surface area contributed by atoms with E-state index >= 15 is 0 Å². The minimum atomic E-state index is -3.89. The minimum absolute atomic E-state index is 0.0927. The molecule has 0 fully saturated rings. The van der Waals surface area contributed by atoms with Crippen LogP contribution >= 0.6 is 23.1 Å². The Morgan fingerprint density at radius 3 is 2.85 bits per heavy atom. The van der Waals surface area contributed by atoms with Gasteiger partial charge in [-0.3, -0.25) is 9.12 Å². The number of aryl methyl sites for hydroxylation is 1. The van der Waals surface area contributed by atoms with Gasteiger partial charge < -0.3 is 0 Å². The summed E-state index contributed by atoms with van der Waals surface area (Å²) in [7, 11) is -3.89. The largest absolute Gasteiger partial charge is 0.288 e. The van der Waals surface area contributed by atoms with E-state index in [-0.39, 0.29) is 15.3 Å². The quantitative estimate of drug-likeness (QED) is 0.793. The second kappa shape index (κ2) is 4.69. The molecule has 20 heavy (non-hydrogen) atoms. The van der Waals surface area contributed by atoms with Gasteiger partial charge in [0.1, 0.15) is 11.5 Å². The van der Waals surface area contributed by atoms with Crippen molar-refractivity contribution < 1.29 is 8.42 Å². The summed E-state index contributed by atoms with van der Waals surface area (Å²) in [5.41, 5.74) is 0.450. The lowest BCUT2D eigenvalue weighted by Crippen LogP contribution is -2.15. The zero-order chi connectivity index (χ0) is 14.3. The Kier molecular flexibility index (Phi) is 3.11. The zero-order valence-corrected chi connectivity index (χ0v) is 12.5. The van der Waals surface area contributed by atoms with Gasteiger partial charge in [-0.2, -0.15) is 12.8 Å². The Morgan fingerprint density at radius 1 is 1.35 bits per heavy atom. The van der Waals surface area contributed by atoms with E-state index in [9.17, 15) is 8.42 Å². The summed E-state index contributed by atoms with van der Waals surface area (Å²) in [5, 5.41) is -0.0306. The fourth-order valence-corrected chi connectivity index (χ4v) is 4.13. The predicted molar refractivity (Wildman–Crippen MR) is 75.7 cm³/mol. The molecular formula is C10H8ClN5O2S2. The Balaban J connectivity index is 2.11. The van der Waals surface area contributed by atoms with Crippen LogP contribution in [0, 0.1) is 6.92 Å². The first-order chi connectivity index (χ1) is 9.47. The number of anilines is 1. The first kappa shape index (κ1) is 13.3. The second-order valence-corrected chi connectivity index (χ2v) is 6.60. The molecule has 3 rings (SSSR count). The third-order valence-electron chi connectivity index (χ3n) is 2.45. The number of sulfonamides is 1. The van der Waals surface area contributed by atoms with Crippen molar-refractivity contribution in [1.29, 1.82) is 0 Å². The second-order valence-electron chi connectivity index (χ2n) is 3.89. The average molecular weight is 330 g/mol. The summed E-state index contributed by atoms with van der Waals surface area (Å²) in [4.78, 5) is 7.96. The van der Waals surface area contributed by atoms with E-state index in [2.05, 4.69) is 19.1 Å². The minimum Gasteiger partial charge on any atom is -0.288 e. The van der Waals surface area contributed by atoms with Gasteiger partial charge in [0.05, 0.1) is 0 Å². The normalized spacial score (nSPS) is 11.9. The van der Waals surface area contributed by atoms with Crippen molar-refractivity contribution in [1.82, 2.24) is 18.7 Å². The molecule has 0 aliphatic carbocycles. The summed E-state index contributed by atoms with van der Waals surface area (Å²) in [6.45, 7) is 1.68. The van der Waals surface area contributed by atoms with Crippen LogP contribution in [-0.4, -0.2) is 27.2 Å². The number of aromatic nitrogens is 4. The number of rotatable bonds is 3. The molecule has 0 bridgehead atoms. The van der Waals surface area contributed by atoms with Gasteiger partial charge in [0.15, 0.2) is 10.2 Å². The summed E-state index contributed by atoms with van der Waals surface area (Å²) in [6, 6.07) is 5.11. The van der Waals surface area contributed by atoms with Crippen LogP contribution in [0.5, 0.6) is 0 Å². The molecule has 0 atom stereocenters. The molecule has 10 heteroatoms. The van der Waals surface area contributed by atoms with E-state index in [4.69, 9.17) is 11.6 Å². The maximum Gasteiger partial charge on any atom is 0.282 e. The molecule has 0 saturated carbocycles. The first-order valence-electron chi connectivity index (χ1n) is 5.43. The number of nitrogens with zero attached hydrogens (tertiary/aromatic N) is 4. The SMILES string of the molecule is Cc1nsc(NS(=O)(=O)c2c(Cl)nc3ccccn23)n1. The van der Waals surface area contributed by atoms with E-state index in [1.54, 1.807) is 31.3 Å². The van der Waals surface area contributed by atoms with Gasteiger partial charge in [-0.05, 0) is 19.1 Å². The summed E-state index contributed by atoms with van der Waals surface area (Å²) < 4.78 is 32.4. The third kappa shape index (κ3) is 2.23. The highest BCUT2D eigenvalue weighted by Crippen LogP contribution is 2.25. The molecule has 0 amide bonds. The lowest BCUT2D eigenvalue weighted by Gasteiger charge is -2.04. The van der Waals surface area contributed by atoms with Gasteiger partial charge in [-0.15, -0.1) is 0 Å². The number of halogens is 1. The standard InChI is InChI=1S/C10H8ClN5O2S2/c1-6-12-10(19-14-6)15-20(17,18)9-8(11)13-7-4-2-3-5-16(7)9/h2-5H,1H3,(H,12,14,15). The van der Waals surface area contributed by atoms with Crippen LogP contribution in [0.4, 0.5) is 5.13 Å². The van der Waals surface area contributed by atoms with Crippen LogP contribution in [0.3, 0.4) is 0 Å². The van der Waals surface area contributed by atoms with Crippen LogP contribution in [0.15, 0.2) is 29.4 Å². The average Bonchev–Trinajstić information content (AvgIpc) is 2.91. The topological polar surface area (TPSA) is 89.2 Å². The lowest BCUT2D eigenvalue weighted by molar-refractivity contribution is 0.596. The maximum absolute atomic E-state index is 12.4. The summed E-state index contributed by atoms with van der Waals surface area (Å²) in [5.74, 6) is 0.497. The molecule has 1 N–H and O–H groups in total. The lowest BCUT2D eigenvalue weighted by atomic mass is 10.5. The Labute approximate surface area is 123 Å². The number of hydrogen-bond donors (Lipinski definition) is 1. The maximum atomic E-state index is 12.4. The number of nitrogens with one attached hydrogen (secondary N) is 1. The molecule has 0 aliphatic rings. The van der Waals surface area contributed by atoms with E-state index in [0.29, 0.717) is 11.5 Å². The van der Waals surface area contributed by atoms with E-state index in [1.165, 1.54) is 4.40 Å². The van der Waals surface area contributed by atoms with Gasteiger partial charge in [-0.1, -0.05) is 17.7 Å². The van der Waals surface area contributed by atoms with Gasteiger partial charge in [0.2, 0.25) is 5.13 Å². The number of pyridine rings is 1. The van der Waals surface area contributed by atoms with Crippen LogP contribution in [0.25, 0.3) is 5.65 Å². The van der Waals surface area contributed by atoms with E-state index in [1.807, 2.05) is 0 Å². The van der Waals surface area contributed by atoms with Gasteiger partial charge in [0, 0.05) is 17.7 Å². The number of hydrogen-bond acceptors (Lipinski definition) is 6. The molecule has 3 aromatic rings. The highest BCUT2D eigenvalue weighted by molar-refractivity contribution is 7.93. The van der Waals surface area contributed by atoms with Gasteiger partial charge >= 0.3 is 0 Å². The fourth-order valence-electron chi connectivity index (χ4n) is 1.69. The molecular weight excluding hydrogens is 322 g/mol. The van der Waals surface area contributed by atoms with Crippen molar-refractivity contribution in [3.63, 3.8) is 0 Å². The predicted octanol–water partition coefficient (Wildman–Crippen LogP) is 1.95. The monoisotopic (exact) mass is 329 g/mol. The Morgan fingerprint density at radius 2 is 2.15 bits per heavy atom. The van der Waals surface area contributed by atoms with Gasteiger partial charge in [-0.25, -0.2) is 9.97 Å². The van der Waals surface area contributed by atoms with Gasteiger partial charge in [0.25, 0.3) is 10.0 Å². The smallest absolute Gasteiger partial charge is 0.282 e. The fraction of sp³-hybridized carbons (Fsp3) is 0.100. The van der Waals surface area contributed by atoms with Crippen molar-refractivity contribution in [3.8, 4) is 0 Å². The Hall–Kier alpha value is -1.71. The van der Waals surface area contributed by atoms with E-state index in [0.717, 1.165) is 11.5 Å².